The fourth-order valence-electron chi connectivity index (χ4n) is 8.00. The normalized spacial score (nSPS) is 12.7. The van der Waals surface area contributed by atoms with Crippen molar-refractivity contribution in [2.45, 2.75) is 186 Å². The maximum atomic E-state index is 5.08. The third-order valence-electron chi connectivity index (χ3n) is 11.4. The summed E-state index contributed by atoms with van der Waals surface area (Å²) in [5.74, 6) is 3.49. The first-order valence-corrected chi connectivity index (χ1v) is 23.5. The molecule has 0 N–H and O–H groups in total. The van der Waals surface area contributed by atoms with E-state index in [1.807, 2.05) is 0 Å². The number of benzene rings is 4. The van der Waals surface area contributed by atoms with Crippen molar-refractivity contribution in [2.24, 2.45) is 9.98 Å². The smallest absolute Gasteiger partial charge is 1.00 e. The molecule has 0 spiro atoms. The Morgan fingerprint density at radius 3 is 0.734 bits per heavy atom. The molecule has 4 aromatic carbocycles. The van der Waals surface area contributed by atoms with Crippen molar-refractivity contribution in [3.05, 3.63) is 151 Å². The van der Waals surface area contributed by atoms with Crippen LogP contribution in [0.2, 0.25) is 0 Å². The van der Waals surface area contributed by atoms with Crippen molar-refractivity contribution in [1.82, 2.24) is 0 Å². The Hall–Kier alpha value is -3.17. The van der Waals surface area contributed by atoms with Gasteiger partial charge in [0.25, 0.3) is 0 Å². The van der Waals surface area contributed by atoms with E-state index >= 15 is 0 Å². The summed E-state index contributed by atoms with van der Waals surface area (Å²) in [5, 5.41) is 10.2. The van der Waals surface area contributed by atoms with E-state index in [0.717, 1.165) is 45.6 Å². The maximum Gasteiger partial charge on any atom is 2.00 e. The van der Waals surface area contributed by atoms with E-state index in [1.165, 1.54) is 44.5 Å². The molecule has 0 radical (unpaired) electrons. The fraction of sp³-hybridized carbons (Fsp3) is 0.483. The van der Waals surface area contributed by atoms with E-state index in [9.17, 15) is 0 Å². The van der Waals surface area contributed by atoms with E-state index < -0.39 is 0 Å². The molecule has 0 saturated carbocycles. The predicted molar refractivity (Wildman–Crippen MR) is 291 cm³/mol. The van der Waals surface area contributed by atoms with Crippen LogP contribution in [0.1, 0.15) is 233 Å². The number of rotatable bonds is 16. The van der Waals surface area contributed by atoms with Crippen LogP contribution in [0, 0.1) is 0 Å². The zero-order valence-corrected chi connectivity index (χ0v) is 46.7. The third kappa shape index (κ3) is 16.6. The molecule has 4 aromatic rings. The minimum absolute atomic E-state index is 0. The molecule has 0 amide bonds. The summed E-state index contributed by atoms with van der Waals surface area (Å²) < 4.78 is 0. The third-order valence-corrected chi connectivity index (χ3v) is 11.4. The monoisotopic (exact) mass is 885 g/mol. The van der Waals surface area contributed by atoms with E-state index in [1.54, 1.807) is 0 Å². The molecule has 4 nitrogen and oxygen atoms in total. The molecule has 0 bridgehead atoms. The van der Waals surface area contributed by atoms with E-state index in [-0.39, 0.29) is 49.0 Å². The quantitative estimate of drug-likeness (QED) is 0.0795. The second kappa shape index (κ2) is 27.5. The molecule has 0 fully saturated rings. The average Bonchev–Trinajstić information content (AvgIpc) is 3.17. The number of aliphatic imine (C=N–C) groups is 2. The molecule has 64 heavy (non-hydrogen) atoms. The van der Waals surface area contributed by atoms with Gasteiger partial charge >= 0.3 is 46.1 Å². The first-order chi connectivity index (χ1) is 29.0. The maximum absolute atomic E-state index is 5.08. The molecule has 0 unspecified atom stereocenters. The van der Waals surface area contributed by atoms with Crippen molar-refractivity contribution in [2.75, 3.05) is 0 Å². The van der Waals surface area contributed by atoms with Gasteiger partial charge in [0.05, 0.1) is 11.4 Å². The molecular formula is C58H84Mg2N4. The van der Waals surface area contributed by atoms with Crippen LogP contribution in [0.5, 0.6) is 0 Å². The first-order valence-electron chi connectivity index (χ1n) is 23.5. The summed E-state index contributed by atoms with van der Waals surface area (Å²) in [6.07, 6.45) is 4.23. The molecule has 0 atom stereocenters. The summed E-state index contributed by atoms with van der Waals surface area (Å²) in [7, 11) is 0. The van der Waals surface area contributed by atoms with Crippen LogP contribution in [-0.4, -0.2) is 57.5 Å². The minimum atomic E-state index is 0. The van der Waals surface area contributed by atoms with Gasteiger partial charge in [-0.3, -0.25) is 9.98 Å². The summed E-state index contributed by atoms with van der Waals surface area (Å²) in [5.41, 5.74) is 18.9. The topological polar surface area (TPSA) is 52.9 Å². The van der Waals surface area contributed by atoms with Crippen molar-refractivity contribution < 1.29 is 2.85 Å². The van der Waals surface area contributed by atoms with Gasteiger partial charge in [-0.25, -0.2) is 0 Å². The molecule has 6 heteroatoms. The minimum Gasteiger partial charge on any atom is -1.00 e. The van der Waals surface area contributed by atoms with Gasteiger partial charge in [-0.05, 0) is 83.4 Å². The molecule has 4 rings (SSSR count). The zero-order valence-electron chi connectivity index (χ0n) is 45.9. The van der Waals surface area contributed by atoms with Crippen LogP contribution < -0.4 is 0 Å². The molecule has 0 heterocycles. The van der Waals surface area contributed by atoms with Crippen molar-refractivity contribution in [3.8, 4) is 0 Å². The van der Waals surface area contributed by atoms with Gasteiger partial charge in [-0.15, -0.1) is 11.4 Å². The van der Waals surface area contributed by atoms with Crippen LogP contribution in [0.25, 0.3) is 10.6 Å². The van der Waals surface area contributed by atoms with Crippen LogP contribution in [0.15, 0.2) is 106 Å². The Balaban J connectivity index is 0. The van der Waals surface area contributed by atoms with Gasteiger partial charge in [-0.2, -0.15) is 11.4 Å². The van der Waals surface area contributed by atoms with Gasteiger partial charge in [0.1, 0.15) is 0 Å². The SMILES string of the molecule is CC(/C=C(/C)[N-]c1c(C(C)C)cccc1C(C)C)=Nc1c(C(C)C)cccc1C(C)C.CC(/C=C(/C)[N-]c1c(C(C)C)cccc1C(C)C)=Nc1c(C(C)C)cccc1C(C)C.[H-].[H-].[Mg+2].[Mg+2]. The fourth-order valence-corrected chi connectivity index (χ4v) is 8.00. The van der Waals surface area contributed by atoms with E-state index in [2.05, 4.69) is 223 Å². The van der Waals surface area contributed by atoms with Crippen molar-refractivity contribution >= 4 is 80.3 Å². The molecule has 0 aliphatic heterocycles. The molecular weight excluding hydrogens is 801 g/mol. The van der Waals surface area contributed by atoms with Crippen LogP contribution in [0.3, 0.4) is 0 Å². The summed E-state index contributed by atoms with van der Waals surface area (Å²) in [6.45, 7) is 44.1. The molecule has 0 aliphatic carbocycles. The second-order valence-corrected chi connectivity index (χ2v) is 19.7. The van der Waals surface area contributed by atoms with Crippen LogP contribution in [-0.2, 0) is 0 Å². The average molecular weight is 886 g/mol. The Morgan fingerprint density at radius 2 is 0.547 bits per heavy atom. The van der Waals surface area contributed by atoms with Gasteiger partial charge < -0.3 is 13.5 Å². The Kier molecular flexibility index (Phi) is 25.3. The standard InChI is InChI=1S/2C29H41N2.2Mg.2H/c2*1-18(2)24-13-11-14-25(19(3)4)28(24)30-22(9)17-23(10)31-29-26(20(5)6)15-12-16-27(29)21(7)8;;;;/h2*11-21H,1-10H3;;;;/q2*-1;2*+2;2*-1/b2*22-17-,31-23?;;;;. The zero-order chi connectivity index (χ0) is 46.6. The van der Waals surface area contributed by atoms with Gasteiger partial charge in [0.15, 0.2) is 0 Å². The van der Waals surface area contributed by atoms with E-state index in [0.29, 0.717) is 47.3 Å². The molecule has 0 aromatic heterocycles. The molecule has 340 valence electrons. The Labute approximate surface area is 427 Å². The summed E-state index contributed by atoms with van der Waals surface area (Å²) in [4.78, 5) is 10.2. The summed E-state index contributed by atoms with van der Waals surface area (Å²) >= 11 is 0. The largest absolute Gasteiger partial charge is 2.00 e. The summed E-state index contributed by atoms with van der Waals surface area (Å²) in [6, 6.07) is 26.3. The van der Waals surface area contributed by atoms with E-state index in [4.69, 9.17) is 20.6 Å². The number of hydrogen-bond donors (Lipinski definition) is 0. The molecule has 0 saturated heterocycles. The number of para-hydroxylation sites is 4. The Morgan fingerprint density at radius 1 is 0.359 bits per heavy atom. The van der Waals surface area contributed by atoms with Gasteiger partial charge in [-0.1, -0.05) is 232 Å². The number of nitrogens with zero attached hydrogens (tertiary/aromatic N) is 4. The van der Waals surface area contributed by atoms with Crippen LogP contribution >= 0.6 is 0 Å². The number of allylic oxidation sites excluding steroid dienone is 4. The first kappa shape index (κ1) is 58.8. The van der Waals surface area contributed by atoms with Crippen molar-refractivity contribution in [1.29, 1.82) is 0 Å². The number of hydrogen-bond acceptors (Lipinski definition) is 2. The molecule has 0 aliphatic rings. The second-order valence-electron chi connectivity index (χ2n) is 19.7. The Bertz CT molecular complexity index is 1960. The van der Waals surface area contributed by atoms with Gasteiger partial charge in [0, 0.05) is 11.4 Å². The predicted octanol–water partition coefficient (Wildman–Crippen LogP) is 19.2. The van der Waals surface area contributed by atoms with Crippen LogP contribution in [0.4, 0.5) is 22.7 Å². The van der Waals surface area contributed by atoms with Crippen molar-refractivity contribution in [3.63, 3.8) is 0 Å². The van der Waals surface area contributed by atoms with Gasteiger partial charge in [0.2, 0.25) is 0 Å².